The topological polar surface area (TPSA) is 56.8 Å². The van der Waals surface area contributed by atoms with E-state index in [4.69, 9.17) is 4.74 Å². The van der Waals surface area contributed by atoms with Crippen LogP contribution in [-0.2, 0) is 0 Å². The highest BCUT2D eigenvalue weighted by molar-refractivity contribution is 5.89. The number of carbonyl (C=O) groups excluding carboxylic acids is 1. The summed E-state index contributed by atoms with van der Waals surface area (Å²) in [6.07, 6.45) is 4.01. The van der Waals surface area contributed by atoms with Crippen molar-refractivity contribution >= 4 is 17.4 Å². The molecule has 1 saturated heterocycles. The first kappa shape index (κ1) is 24.3. The number of carbonyl (C=O) groups is 1. The van der Waals surface area contributed by atoms with Crippen LogP contribution in [0.3, 0.4) is 0 Å². The van der Waals surface area contributed by atoms with E-state index in [2.05, 4.69) is 32.6 Å². The lowest BCUT2D eigenvalue weighted by Gasteiger charge is -2.43. The first-order chi connectivity index (χ1) is 16.4. The van der Waals surface area contributed by atoms with Crippen LogP contribution in [0.4, 0.5) is 25.0 Å². The van der Waals surface area contributed by atoms with Crippen molar-refractivity contribution in [3.8, 4) is 5.75 Å². The highest BCUT2D eigenvalue weighted by atomic mass is 19.2. The molecule has 1 saturated carbocycles. The summed E-state index contributed by atoms with van der Waals surface area (Å²) in [6.45, 7) is 8.05. The van der Waals surface area contributed by atoms with Crippen molar-refractivity contribution in [2.45, 2.75) is 57.7 Å². The van der Waals surface area contributed by atoms with Gasteiger partial charge in [-0.25, -0.2) is 13.6 Å². The number of piperazine rings is 1. The average molecular weight is 473 g/mol. The predicted molar refractivity (Wildman–Crippen MR) is 131 cm³/mol. The maximum absolute atomic E-state index is 13.3. The average Bonchev–Trinajstić information content (AvgIpc) is 2.82. The molecule has 2 aromatic rings. The van der Waals surface area contributed by atoms with E-state index in [0.29, 0.717) is 6.04 Å². The lowest BCUT2D eigenvalue weighted by atomic mass is 9.90. The number of rotatable bonds is 6. The summed E-state index contributed by atoms with van der Waals surface area (Å²) in [5.74, 6) is -0.966. The van der Waals surface area contributed by atoms with Crippen LogP contribution < -0.4 is 20.3 Å². The zero-order valence-corrected chi connectivity index (χ0v) is 19.9. The summed E-state index contributed by atoms with van der Waals surface area (Å²) in [5, 5.41) is 5.55. The van der Waals surface area contributed by atoms with Gasteiger partial charge in [-0.2, -0.15) is 0 Å². The van der Waals surface area contributed by atoms with Gasteiger partial charge in [-0.05, 0) is 63.8 Å². The van der Waals surface area contributed by atoms with Crippen molar-refractivity contribution in [2.75, 3.05) is 36.4 Å². The third kappa shape index (κ3) is 6.17. The number of nitrogens with zero attached hydrogens (tertiary/aromatic N) is 2. The van der Waals surface area contributed by atoms with Gasteiger partial charge in [-0.1, -0.05) is 12.1 Å². The van der Waals surface area contributed by atoms with E-state index in [1.54, 1.807) is 0 Å². The highest BCUT2D eigenvalue weighted by Crippen LogP contribution is 2.31. The van der Waals surface area contributed by atoms with Crippen molar-refractivity contribution < 1.29 is 18.3 Å². The largest absolute Gasteiger partial charge is 0.489 e. The van der Waals surface area contributed by atoms with Gasteiger partial charge < -0.3 is 20.3 Å². The lowest BCUT2D eigenvalue weighted by molar-refractivity contribution is 0.137. The molecular weight excluding hydrogens is 438 g/mol. The monoisotopic (exact) mass is 472 g/mol. The van der Waals surface area contributed by atoms with Gasteiger partial charge in [-0.3, -0.25) is 4.90 Å². The van der Waals surface area contributed by atoms with Gasteiger partial charge in [0.05, 0.1) is 11.8 Å². The number of urea groups is 1. The molecule has 1 aliphatic carbocycles. The molecule has 4 rings (SSSR count). The number of benzene rings is 2. The van der Waals surface area contributed by atoms with Crippen LogP contribution in [0.2, 0.25) is 0 Å². The van der Waals surface area contributed by atoms with Gasteiger partial charge in [0.15, 0.2) is 11.6 Å². The number of para-hydroxylation sites is 2. The zero-order chi connectivity index (χ0) is 24.1. The molecule has 1 aliphatic heterocycles. The number of nitrogens with one attached hydrogen (secondary N) is 2. The molecule has 0 bridgehead atoms. The Hall–Kier alpha value is -2.87. The molecule has 1 heterocycles. The molecule has 0 aromatic heterocycles. The van der Waals surface area contributed by atoms with Crippen molar-refractivity contribution in [3.05, 3.63) is 54.1 Å². The first-order valence-electron chi connectivity index (χ1n) is 12.2. The molecule has 2 N–H and O–H groups in total. The van der Waals surface area contributed by atoms with Gasteiger partial charge in [0.25, 0.3) is 0 Å². The molecule has 0 spiro atoms. The minimum Gasteiger partial charge on any atom is -0.489 e. The number of hydrogen-bond acceptors (Lipinski definition) is 4. The van der Waals surface area contributed by atoms with Crippen molar-refractivity contribution in [1.29, 1.82) is 0 Å². The standard InChI is InChI=1S/C26H34F2N4O2/c1-18(2)34-25-6-4-3-5-24(25)32-15-13-31(14-16-32)21-10-7-19(8-11-21)29-26(33)30-20-9-12-22(27)23(28)17-20/h3-6,9,12,17-19,21H,7-8,10-11,13-16H2,1-2H3,(H2,29,30,33)/t19-,21-. The molecule has 2 amide bonds. The second-order valence-corrected chi connectivity index (χ2v) is 9.39. The summed E-state index contributed by atoms with van der Waals surface area (Å²) >= 11 is 0. The van der Waals surface area contributed by atoms with E-state index >= 15 is 0 Å². The Labute approximate surface area is 200 Å². The van der Waals surface area contributed by atoms with Gasteiger partial charge in [0.2, 0.25) is 0 Å². The lowest BCUT2D eigenvalue weighted by Crippen LogP contribution is -2.52. The molecule has 0 radical (unpaired) electrons. The minimum absolute atomic E-state index is 0.0860. The summed E-state index contributed by atoms with van der Waals surface area (Å²) in [7, 11) is 0. The summed E-state index contributed by atoms with van der Waals surface area (Å²) in [6, 6.07) is 11.8. The number of halogens is 2. The van der Waals surface area contributed by atoms with Crippen LogP contribution in [0.25, 0.3) is 0 Å². The summed E-state index contributed by atoms with van der Waals surface area (Å²) < 4.78 is 32.4. The molecule has 6 nitrogen and oxygen atoms in total. The Morgan fingerprint density at radius 3 is 2.35 bits per heavy atom. The number of amides is 2. The first-order valence-corrected chi connectivity index (χ1v) is 12.2. The summed E-state index contributed by atoms with van der Waals surface area (Å²) in [5.41, 5.74) is 1.40. The van der Waals surface area contributed by atoms with Gasteiger partial charge in [0.1, 0.15) is 5.75 Å². The molecule has 34 heavy (non-hydrogen) atoms. The predicted octanol–water partition coefficient (Wildman–Crippen LogP) is 5.01. The smallest absolute Gasteiger partial charge is 0.319 e. The van der Waals surface area contributed by atoms with Gasteiger partial charge >= 0.3 is 6.03 Å². The van der Waals surface area contributed by atoms with Crippen molar-refractivity contribution in [1.82, 2.24) is 10.2 Å². The van der Waals surface area contributed by atoms with E-state index in [0.717, 1.165) is 75.4 Å². The Morgan fingerprint density at radius 2 is 1.68 bits per heavy atom. The van der Waals surface area contributed by atoms with Crippen LogP contribution in [-0.4, -0.2) is 55.3 Å². The van der Waals surface area contributed by atoms with E-state index in [9.17, 15) is 13.6 Å². The van der Waals surface area contributed by atoms with Crippen molar-refractivity contribution in [2.24, 2.45) is 0 Å². The van der Waals surface area contributed by atoms with E-state index < -0.39 is 11.6 Å². The molecule has 184 valence electrons. The Bertz CT molecular complexity index is 971. The van der Waals surface area contributed by atoms with Crippen molar-refractivity contribution in [3.63, 3.8) is 0 Å². The van der Waals surface area contributed by atoms with E-state index in [1.165, 1.54) is 6.07 Å². The third-order valence-electron chi connectivity index (χ3n) is 6.61. The van der Waals surface area contributed by atoms with Crippen LogP contribution >= 0.6 is 0 Å². The fraction of sp³-hybridized carbons (Fsp3) is 0.500. The molecule has 0 atom stereocenters. The van der Waals surface area contributed by atoms with Crippen LogP contribution in [0.1, 0.15) is 39.5 Å². The number of ether oxygens (including phenoxy) is 1. The summed E-state index contributed by atoms with van der Waals surface area (Å²) in [4.78, 5) is 17.2. The zero-order valence-electron chi connectivity index (χ0n) is 19.9. The van der Waals surface area contributed by atoms with Gasteiger partial charge in [0, 0.05) is 50.0 Å². The Balaban J connectivity index is 1.22. The second kappa shape index (κ2) is 11.0. The fourth-order valence-corrected chi connectivity index (χ4v) is 4.91. The SMILES string of the molecule is CC(C)Oc1ccccc1N1CCN([C@H]2CC[C@H](NC(=O)Nc3ccc(F)c(F)c3)CC2)CC1. The van der Waals surface area contributed by atoms with Crippen LogP contribution in [0, 0.1) is 11.6 Å². The second-order valence-electron chi connectivity index (χ2n) is 9.39. The normalized spacial score (nSPS) is 21.4. The molecule has 0 unspecified atom stereocenters. The van der Waals surface area contributed by atoms with E-state index in [-0.39, 0.29) is 23.9 Å². The quantitative estimate of drug-likeness (QED) is 0.621. The van der Waals surface area contributed by atoms with Gasteiger partial charge in [-0.15, -0.1) is 0 Å². The van der Waals surface area contributed by atoms with Crippen LogP contribution in [0.5, 0.6) is 5.75 Å². The number of anilines is 2. The Morgan fingerprint density at radius 1 is 0.971 bits per heavy atom. The molecule has 2 fully saturated rings. The molecule has 2 aromatic carbocycles. The minimum atomic E-state index is -0.977. The van der Waals surface area contributed by atoms with E-state index in [1.807, 2.05) is 26.0 Å². The Kier molecular flexibility index (Phi) is 7.88. The molecular formula is C26H34F2N4O2. The maximum Gasteiger partial charge on any atom is 0.319 e. The fourth-order valence-electron chi connectivity index (χ4n) is 4.91. The molecule has 8 heteroatoms. The third-order valence-corrected chi connectivity index (χ3v) is 6.61. The maximum atomic E-state index is 13.3. The molecule has 2 aliphatic rings. The highest BCUT2D eigenvalue weighted by Gasteiger charge is 2.29. The van der Waals surface area contributed by atoms with Crippen LogP contribution in [0.15, 0.2) is 42.5 Å². The number of hydrogen-bond donors (Lipinski definition) is 2.